The predicted octanol–water partition coefficient (Wildman–Crippen LogP) is 2.52. The van der Waals surface area contributed by atoms with Crippen molar-refractivity contribution in [2.75, 3.05) is 7.05 Å². The second-order valence-electron chi connectivity index (χ2n) is 4.33. The van der Waals surface area contributed by atoms with Gasteiger partial charge in [0.1, 0.15) is 11.4 Å². The third-order valence-electron chi connectivity index (χ3n) is 2.85. The van der Waals surface area contributed by atoms with Gasteiger partial charge in [0.05, 0.1) is 10.0 Å². The number of carboxylic acid groups (broad SMARTS) is 1. The molecule has 0 radical (unpaired) electrons. The molecule has 0 atom stereocenters. The van der Waals surface area contributed by atoms with Crippen LogP contribution >= 0.6 is 15.9 Å². The van der Waals surface area contributed by atoms with Gasteiger partial charge >= 0.3 is 5.97 Å². The molecule has 1 N–H and O–H groups in total. The zero-order valence-electron chi connectivity index (χ0n) is 10.2. The fraction of sp³-hybridized carbons (Fsp3) is 0.333. The summed E-state index contributed by atoms with van der Waals surface area (Å²) in [4.78, 5) is 24.1. The zero-order chi connectivity index (χ0) is 14.1. The number of carbonyl (C=O) groups is 2. The first-order valence-electron chi connectivity index (χ1n) is 5.15. The summed E-state index contributed by atoms with van der Waals surface area (Å²) in [5, 5.41) is 9.03. The van der Waals surface area contributed by atoms with E-state index < -0.39 is 23.2 Å². The molecule has 0 saturated carbocycles. The molecule has 1 aromatic carbocycles. The largest absolute Gasteiger partial charge is 0.480 e. The van der Waals surface area contributed by atoms with Gasteiger partial charge in [-0.15, -0.1) is 0 Å². The number of nitrogens with zero attached hydrogens (tertiary/aromatic N) is 1. The maximum absolute atomic E-state index is 13.8. The Hall–Kier alpha value is -1.43. The zero-order valence-corrected chi connectivity index (χ0v) is 11.8. The average molecular weight is 318 g/mol. The van der Waals surface area contributed by atoms with E-state index in [1.807, 2.05) is 0 Å². The van der Waals surface area contributed by atoms with E-state index in [2.05, 4.69) is 15.9 Å². The number of carbonyl (C=O) groups excluding carboxylic acids is 1. The van der Waals surface area contributed by atoms with Gasteiger partial charge < -0.3 is 10.0 Å². The van der Waals surface area contributed by atoms with Gasteiger partial charge in [-0.25, -0.2) is 9.18 Å². The van der Waals surface area contributed by atoms with E-state index in [1.54, 1.807) is 0 Å². The predicted molar refractivity (Wildman–Crippen MR) is 67.9 cm³/mol. The van der Waals surface area contributed by atoms with Gasteiger partial charge in [0.25, 0.3) is 5.91 Å². The first kappa shape index (κ1) is 14.6. The number of hydrogen-bond donors (Lipinski definition) is 1. The monoisotopic (exact) mass is 317 g/mol. The number of benzene rings is 1. The molecule has 0 unspecified atom stereocenters. The van der Waals surface area contributed by atoms with Crippen molar-refractivity contribution in [3.8, 4) is 0 Å². The van der Waals surface area contributed by atoms with E-state index in [0.29, 0.717) is 0 Å². The molecule has 4 nitrogen and oxygen atoms in total. The van der Waals surface area contributed by atoms with E-state index in [9.17, 15) is 14.0 Å². The molecule has 0 aliphatic heterocycles. The molecule has 0 bridgehead atoms. The maximum Gasteiger partial charge on any atom is 0.329 e. The highest BCUT2D eigenvalue weighted by molar-refractivity contribution is 9.10. The van der Waals surface area contributed by atoms with Gasteiger partial charge in [0.15, 0.2) is 0 Å². The minimum atomic E-state index is -1.41. The van der Waals surface area contributed by atoms with Crippen LogP contribution in [0.4, 0.5) is 4.39 Å². The Balaban J connectivity index is 3.16. The third-order valence-corrected chi connectivity index (χ3v) is 3.46. The summed E-state index contributed by atoms with van der Waals surface area (Å²) in [6, 6.07) is 4.30. The van der Waals surface area contributed by atoms with Crippen molar-refractivity contribution in [3.05, 3.63) is 34.1 Å². The van der Waals surface area contributed by atoms with E-state index in [0.717, 1.165) is 4.90 Å². The summed E-state index contributed by atoms with van der Waals surface area (Å²) in [5.41, 5.74) is -1.58. The van der Waals surface area contributed by atoms with Crippen molar-refractivity contribution in [1.82, 2.24) is 4.90 Å². The molecule has 1 aromatic rings. The van der Waals surface area contributed by atoms with Crippen LogP contribution in [-0.2, 0) is 4.79 Å². The molecule has 18 heavy (non-hydrogen) atoms. The van der Waals surface area contributed by atoms with Gasteiger partial charge in [0.2, 0.25) is 0 Å². The number of aliphatic carboxylic acids is 1. The number of hydrogen-bond acceptors (Lipinski definition) is 2. The van der Waals surface area contributed by atoms with E-state index in [1.165, 1.54) is 39.1 Å². The Morgan fingerprint density at radius 1 is 1.39 bits per heavy atom. The minimum absolute atomic E-state index is 0.162. The minimum Gasteiger partial charge on any atom is -0.480 e. The SMILES string of the molecule is CN(C(=O)c1cccc(Br)c1F)C(C)(C)C(=O)O. The van der Waals surface area contributed by atoms with Crippen LogP contribution in [0.2, 0.25) is 0 Å². The molecule has 0 heterocycles. The molecular weight excluding hydrogens is 305 g/mol. The highest BCUT2D eigenvalue weighted by Crippen LogP contribution is 2.22. The van der Waals surface area contributed by atoms with Crippen LogP contribution in [0, 0.1) is 5.82 Å². The summed E-state index contributed by atoms with van der Waals surface area (Å²) < 4.78 is 13.9. The lowest BCUT2D eigenvalue weighted by molar-refractivity contribution is -0.147. The van der Waals surface area contributed by atoms with Crippen molar-refractivity contribution < 1.29 is 19.1 Å². The van der Waals surface area contributed by atoms with Crippen LogP contribution < -0.4 is 0 Å². The first-order valence-corrected chi connectivity index (χ1v) is 5.94. The molecule has 0 aliphatic carbocycles. The fourth-order valence-corrected chi connectivity index (χ4v) is 1.61. The lowest BCUT2D eigenvalue weighted by Crippen LogP contribution is -2.50. The fourth-order valence-electron chi connectivity index (χ4n) is 1.25. The molecular formula is C12H13BrFNO3. The van der Waals surface area contributed by atoms with Crippen molar-refractivity contribution in [1.29, 1.82) is 0 Å². The topological polar surface area (TPSA) is 57.6 Å². The highest BCUT2D eigenvalue weighted by atomic mass is 79.9. The van der Waals surface area contributed by atoms with Crippen LogP contribution in [0.3, 0.4) is 0 Å². The highest BCUT2D eigenvalue weighted by Gasteiger charge is 2.36. The van der Waals surface area contributed by atoms with Gasteiger partial charge in [-0.3, -0.25) is 4.79 Å². The molecule has 0 saturated heterocycles. The van der Waals surface area contributed by atoms with Crippen molar-refractivity contribution in [2.24, 2.45) is 0 Å². The van der Waals surface area contributed by atoms with Crippen LogP contribution in [0.25, 0.3) is 0 Å². The summed E-state index contributed by atoms with van der Waals surface area (Å²) >= 11 is 2.98. The Morgan fingerprint density at radius 3 is 2.44 bits per heavy atom. The Kier molecular flexibility index (Phi) is 4.11. The van der Waals surface area contributed by atoms with E-state index in [-0.39, 0.29) is 10.0 Å². The van der Waals surface area contributed by atoms with Crippen molar-refractivity contribution in [2.45, 2.75) is 19.4 Å². The van der Waals surface area contributed by atoms with Crippen molar-refractivity contribution in [3.63, 3.8) is 0 Å². The van der Waals surface area contributed by atoms with Gasteiger partial charge in [-0.1, -0.05) is 6.07 Å². The van der Waals surface area contributed by atoms with Crippen LogP contribution in [-0.4, -0.2) is 34.5 Å². The number of carboxylic acids is 1. The second kappa shape index (κ2) is 5.06. The molecule has 1 rings (SSSR count). The average Bonchev–Trinajstić information content (AvgIpc) is 2.30. The molecule has 98 valence electrons. The Morgan fingerprint density at radius 2 is 1.94 bits per heavy atom. The lowest BCUT2D eigenvalue weighted by Gasteiger charge is -2.31. The summed E-state index contributed by atoms with van der Waals surface area (Å²) in [5.74, 6) is -2.54. The Labute approximate surface area is 113 Å². The summed E-state index contributed by atoms with van der Waals surface area (Å²) in [6.07, 6.45) is 0. The molecule has 0 spiro atoms. The number of amides is 1. The third kappa shape index (κ3) is 2.53. The quantitative estimate of drug-likeness (QED) is 0.932. The smallest absolute Gasteiger partial charge is 0.329 e. The number of rotatable bonds is 3. The van der Waals surface area contributed by atoms with E-state index in [4.69, 9.17) is 5.11 Å². The molecule has 0 fully saturated rings. The van der Waals surface area contributed by atoms with Crippen LogP contribution in [0.1, 0.15) is 24.2 Å². The second-order valence-corrected chi connectivity index (χ2v) is 5.18. The van der Waals surface area contributed by atoms with Gasteiger partial charge in [-0.2, -0.15) is 0 Å². The summed E-state index contributed by atoms with van der Waals surface area (Å²) in [7, 11) is 1.33. The van der Waals surface area contributed by atoms with E-state index >= 15 is 0 Å². The number of halogens is 2. The number of likely N-dealkylation sites (N-methyl/N-ethyl adjacent to an activating group) is 1. The molecule has 0 aliphatic rings. The summed E-state index contributed by atoms with van der Waals surface area (Å²) in [6.45, 7) is 2.76. The normalized spacial score (nSPS) is 11.2. The Bertz CT molecular complexity index is 502. The van der Waals surface area contributed by atoms with Gasteiger partial charge in [-0.05, 0) is 41.9 Å². The van der Waals surface area contributed by atoms with Gasteiger partial charge in [0, 0.05) is 7.05 Å². The maximum atomic E-state index is 13.8. The van der Waals surface area contributed by atoms with Crippen LogP contribution in [0.5, 0.6) is 0 Å². The molecule has 6 heteroatoms. The van der Waals surface area contributed by atoms with Crippen LogP contribution in [0.15, 0.2) is 22.7 Å². The standard InChI is InChI=1S/C12H13BrFNO3/c1-12(2,11(17)18)15(3)10(16)7-5-4-6-8(13)9(7)14/h4-6H,1-3H3,(H,17,18). The van der Waals surface area contributed by atoms with Crippen molar-refractivity contribution >= 4 is 27.8 Å². The molecule has 0 aromatic heterocycles. The first-order chi connectivity index (χ1) is 8.19. The molecule has 1 amide bonds. The lowest BCUT2D eigenvalue weighted by atomic mass is 10.0.